The molecule has 0 unspecified atom stereocenters. The molecule has 0 bridgehead atoms. The molecule has 7 heteroatoms. The molecule has 0 heterocycles. The first kappa shape index (κ1) is 22.9. The molecule has 2 atom stereocenters. The van der Waals surface area contributed by atoms with Crippen LogP contribution in [0.3, 0.4) is 0 Å². The number of rotatable bonds is 11. The van der Waals surface area contributed by atoms with E-state index < -0.39 is 21.4 Å². The van der Waals surface area contributed by atoms with Crippen molar-refractivity contribution in [2.24, 2.45) is 0 Å². The molecular weight excluding hydrogens is 390 g/mol. The molecular formula is C22H29NO5S. The van der Waals surface area contributed by atoms with Gasteiger partial charge >= 0.3 is 0 Å². The number of sulfonamides is 1. The summed E-state index contributed by atoms with van der Waals surface area (Å²) in [5, 5.41) is 9.08. The zero-order valence-corrected chi connectivity index (χ0v) is 17.9. The number of aliphatic hydroxyl groups excluding tert-OH is 1. The van der Waals surface area contributed by atoms with Gasteiger partial charge in [0.05, 0.1) is 25.6 Å². The lowest BCUT2D eigenvalue weighted by molar-refractivity contribution is 0.211. The van der Waals surface area contributed by atoms with Crippen LogP contribution in [0.2, 0.25) is 0 Å². The maximum Gasteiger partial charge on any atom is 0.217 e. The summed E-state index contributed by atoms with van der Waals surface area (Å²) >= 11 is 0. The third-order valence-corrected chi connectivity index (χ3v) is 6.94. The zero-order chi connectivity index (χ0) is 21.4. The summed E-state index contributed by atoms with van der Waals surface area (Å²) in [6.45, 7) is 5.57. The highest BCUT2D eigenvalue weighted by atomic mass is 32.2. The Labute approximate surface area is 173 Å². The monoisotopic (exact) mass is 419 g/mol. The number of methoxy groups -OCH3 is 2. The average Bonchev–Trinajstić information content (AvgIpc) is 2.74. The number of hydrogen-bond acceptors (Lipinski definition) is 5. The van der Waals surface area contributed by atoms with Gasteiger partial charge in [-0.15, -0.1) is 6.58 Å². The quantitative estimate of drug-likeness (QED) is 0.565. The van der Waals surface area contributed by atoms with Gasteiger partial charge in [-0.2, -0.15) is 4.31 Å². The van der Waals surface area contributed by atoms with Crippen LogP contribution in [-0.4, -0.2) is 43.4 Å². The molecule has 2 rings (SSSR count). The maximum absolute atomic E-state index is 13.3. The smallest absolute Gasteiger partial charge is 0.217 e. The van der Waals surface area contributed by atoms with E-state index in [0.29, 0.717) is 11.5 Å². The fourth-order valence-corrected chi connectivity index (χ4v) is 4.52. The predicted molar refractivity (Wildman–Crippen MR) is 114 cm³/mol. The number of aliphatic hydroxyl groups is 1. The molecule has 0 fully saturated rings. The van der Waals surface area contributed by atoms with Crippen LogP contribution in [0.4, 0.5) is 0 Å². The highest BCUT2D eigenvalue weighted by Gasteiger charge is 2.30. The average molecular weight is 420 g/mol. The molecule has 0 aromatic heterocycles. The Morgan fingerprint density at radius 3 is 1.72 bits per heavy atom. The van der Waals surface area contributed by atoms with Crippen LogP contribution < -0.4 is 9.47 Å². The van der Waals surface area contributed by atoms with Crippen molar-refractivity contribution in [3.63, 3.8) is 0 Å². The van der Waals surface area contributed by atoms with Crippen molar-refractivity contribution in [2.75, 3.05) is 14.2 Å². The molecule has 0 aliphatic rings. The van der Waals surface area contributed by atoms with E-state index in [1.165, 1.54) is 10.4 Å². The summed E-state index contributed by atoms with van der Waals surface area (Å²) in [7, 11) is -0.500. The third kappa shape index (κ3) is 6.32. The molecule has 2 aromatic carbocycles. The van der Waals surface area contributed by atoms with Gasteiger partial charge in [-0.1, -0.05) is 30.3 Å². The van der Waals surface area contributed by atoms with Crippen LogP contribution in [0.15, 0.2) is 61.2 Å². The lowest BCUT2D eigenvalue weighted by Gasteiger charge is -2.27. The molecule has 158 valence electrons. The Bertz CT molecular complexity index is 829. The van der Waals surface area contributed by atoms with E-state index >= 15 is 0 Å². The van der Waals surface area contributed by atoms with Crippen molar-refractivity contribution >= 4 is 10.0 Å². The van der Waals surface area contributed by atoms with Gasteiger partial charge < -0.3 is 14.6 Å². The minimum absolute atomic E-state index is 0.0908. The van der Waals surface area contributed by atoms with Crippen LogP contribution in [0.25, 0.3) is 0 Å². The lowest BCUT2D eigenvalue weighted by Crippen LogP contribution is -2.38. The van der Waals surface area contributed by atoms with E-state index in [1.54, 1.807) is 45.4 Å². The summed E-state index contributed by atoms with van der Waals surface area (Å²) < 4.78 is 38.3. The number of nitrogens with zero attached hydrogens (tertiary/aromatic N) is 1. The Hall–Kier alpha value is -2.35. The van der Waals surface area contributed by atoms with E-state index in [0.717, 1.165) is 11.1 Å². The molecule has 29 heavy (non-hydrogen) atoms. The third-order valence-electron chi connectivity index (χ3n) is 4.75. The first-order valence-corrected chi connectivity index (χ1v) is 10.9. The topological polar surface area (TPSA) is 76.1 Å². The highest BCUT2D eigenvalue weighted by Crippen LogP contribution is 2.22. The van der Waals surface area contributed by atoms with Crippen LogP contribution in [0, 0.1) is 0 Å². The molecule has 0 saturated carbocycles. The molecule has 0 spiro atoms. The lowest BCUT2D eigenvalue weighted by atomic mass is 10.2. The molecule has 1 N–H and O–H groups in total. The van der Waals surface area contributed by atoms with Gasteiger partial charge in [0.2, 0.25) is 10.0 Å². The number of ether oxygens (including phenoxy) is 2. The van der Waals surface area contributed by atoms with Crippen LogP contribution in [0.5, 0.6) is 11.5 Å². The molecule has 0 radical (unpaired) electrons. The second-order valence-electron chi connectivity index (χ2n) is 6.86. The fraction of sp³-hybridized carbons (Fsp3) is 0.364. The maximum atomic E-state index is 13.3. The van der Waals surface area contributed by atoms with E-state index in [9.17, 15) is 13.5 Å². The molecule has 6 nitrogen and oxygen atoms in total. The van der Waals surface area contributed by atoms with Gasteiger partial charge in [0.25, 0.3) is 0 Å². The van der Waals surface area contributed by atoms with E-state index in [4.69, 9.17) is 9.47 Å². The van der Waals surface area contributed by atoms with Gasteiger partial charge in [-0.05, 0) is 48.7 Å². The van der Waals surface area contributed by atoms with E-state index in [1.807, 2.05) is 24.3 Å². The van der Waals surface area contributed by atoms with Gasteiger partial charge in [0.15, 0.2) is 0 Å². The minimum Gasteiger partial charge on any atom is -0.497 e. The van der Waals surface area contributed by atoms with Crippen molar-refractivity contribution in [2.45, 2.75) is 37.8 Å². The summed E-state index contributed by atoms with van der Waals surface area (Å²) in [5.74, 6) is 1.42. The zero-order valence-electron chi connectivity index (χ0n) is 17.1. The Kier molecular flexibility index (Phi) is 8.25. The number of benzene rings is 2. The van der Waals surface area contributed by atoms with E-state index in [-0.39, 0.29) is 19.5 Å². The van der Waals surface area contributed by atoms with Gasteiger partial charge in [0.1, 0.15) is 11.5 Å². The Morgan fingerprint density at radius 2 is 1.38 bits per heavy atom. The fourth-order valence-electron chi connectivity index (χ4n) is 2.92. The van der Waals surface area contributed by atoms with Crippen molar-refractivity contribution in [3.05, 3.63) is 72.3 Å². The summed E-state index contributed by atoms with van der Waals surface area (Å²) in [5.41, 5.74) is 1.69. The summed E-state index contributed by atoms with van der Waals surface area (Å²) in [6, 6.07) is 14.6. The second-order valence-corrected chi connectivity index (χ2v) is 9.21. The van der Waals surface area contributed by atoms with Crippen molar-refractivity contribution in [1.82, 2.24) is 4.31 Å². The van der Waals surface area contributed by atoms with E-state index in [2.05, 4.69) is 6.58 Å². The Balaban J connectivity index is 2.30. The van der Waals surface area contributed by atoms with Gasteiger partial charge in [-0.25, -0.2) is 8.42 Å². The largest absolute Gasteiger partial charge is 0.497 e. The summed E-state index contributed by atoms with van der Waals surface area (Å²) in [6.07, 6.45) is 0.570. The predicted octanol–water partition coefficient (Wildman–Crippen LogP) is 3.36. The molecule has 0 aliphatic carbocycles. The van der Waals surface area contributed by atoms with Crippen LogP contribution in [0.1, 0.15) is 24.5 Å². The van der Waals surface area contributed by atoms with Crippen LogP contribution >= 0.6 is 0 Å². The summed E-state index contributed by atoms with van der Waals surface area (Å²) in [4.78, 5) is 0. The molecule has 0 saturated heterocycles. The van der Waals surface area contributed by atoms with Crippen LogP contribution in [-0.2, 0) is 23.1 Å². The normalized spacial score (nSPS) is 13.7. The highest BCUT2D eigenvalue weighted by molar-refractivity contribution is 7.89. The Morgan fingerprint density at radius 1 is 0.966 bits per heavy atom. The molecule has 0 aliphatic heterocycles. The second kappa shape index (κ2) is 10.4. The minimum atomic E-state index is -3.67. The van der Waals surface area contributed by atoms with Gasteiger partial charge in [0, 0.05) is 13.1 Å². The van der Waals surface area contributed by atoms with Gasteiger partial charge in [-0.3, -0.25) is 0 Å². The standard InChI is InChI=1S/C22H29NO5S/c1-5-20(24)14-17(2)29(25,26)23(15-18-6-10-21(27-3)11-7-18)16-19-8-12-22(28-4)13-9-19/h5-13,17,20,24H,1,14-16H2,2-4H3/t17-,20-/m0/s1. The van der Waals surface area contributed by atoms with Crippen molar-refractivity contribution in [1.29, 1.82) is 0 Å². The number of hydrogen-bond donors (Lipinski definition) is 1. The van der Waals surface area contributed by atoms with Crippen molar-refractivity contribution < 1.29 is 23.0 Å². The molecule has 2 aromatic rings. The molecule has 0 amide bonds. The first-order chi connectivity index (χ1) is 13.8. The van der Waals surface area contributed by atoms with Crippen molar-refractivity contribution in [3.8, 4) is 11.5 Å². The SMILES string of the molecule is C=C[C@H](O)C[C@H](C)S(=O)(=O)N(Cc1ccc(OC)cc1)Cc1ccc(OC)cc1. The first-order valence-electron chi connectivity index (χ1n) is 9.35.